The van der Waals surface area contributed by atoms with Gasteiger partial charge in [0.15, 0.2) is 0 Å². The number of hydrogen-bond acceptors (Lipinski definition) is 2. The second-order valence-electron chi connectivity index (χ2n) is 6.20. The van der Waals surface area contributed by atoms with E-state index < -0.39 is 0 Å². The molecule has 2 nitrogen and oxygen atoms in total. The number of ether oxygens (including phenoxy) is 1. The highest BCUT2D eigenvalue weighted by Crippen LogP contribution is 2.34. The Hall–Kier alpha value is -1.15. The van der Waals surface area contributed by atoms with Crippen molar-refractivity contribution in [3.05, 3.63) is 35.4 Å². The molecule has 2 aliphatic rings. The molecule has 1 aliphatic heterocycles. The van der Waals surface area contributed by atoms with Crippen LogP contribution in [0.2, 0.25) is 0 Å². The van der Waals surface area contributed by atoms with Gasteiger partial charge in [-0.1, -0.05) is 24.3 Å². The van der Waals surface area contributed by atoms with Crippen LogP contribution in [0.4, 0.5) is 0 Å². The third-order valence-corrected chi connectivity index (χ3v) is 4.74. The molecule has 1 aliphatic carbocycles. The highest BCUT2D eigenvalue weighted by atomic mass is 16.5. The summed E-state index contributed by atoms with van der Waals surface area (Å²) < 4.78 is 5.60. The normalized spacial score (nSPS) is 25.4. The fraction of sp³-hybridized carbons (Fsp3) is 0.611. The average molecular weight is 272 g/mol. The fourth-order valence-corrected chi connectivity index (χ4v) is 3.64. The molecule has 1 aromatic rings. The number of ketones is 1. The lowest BCUT2D eigenvalue weighted by molar-refractivity contribution is -0.120. The van der Waals surface area contributed by atoms with Gasteiger partial charge in [0.1, 0.15) is 5.78 Å². The van der Waals surface area contributed by atoms with Crippen LogP contribution in [-0.4, -0.2) is 18.5 Å². The van der Waals surface area contributed by atoms with Gasteiger partial charge in [0.05, 0.1) is 6.10 Å². The smallest absolute Gasteiger partial charge is 0.133 e. The standard InChI is InChI=1S/C18H24O2/c19-16(10-11-17-8-4-12-20-17)13-15-7-3-6-14-5-1-2-9-18(14)15/h1-2,5,9,15,17H,3-4,6-8,10-13H2. The summed E-state index contributed by atoms with van der Waals surface area (Å²) in [6, 6.07) is 8.65. The molecule has 1 saturated heterocycles. The SMILES string of the molecule is O=C(CCC1CCCO1)CC1CCCc2ccccc21. The summed E-state index contributed by atoms with van der Waals surface area (Å²) >= 11 is 0. The van der Waals surface area contributed by atoms with Crippen LogP contribution in [0.15, 0.2) is 24.3 Å². The number of Topliss-reactive ketones (excluding diaryl/α,β-unsaturated/α-hetero) is 1. The van der Waals surface area contributed by atoms with Gasteiger partial charge >= 0.3 is 0 Å². The lowest BCUT2D eigenvalue weighted by Gasteiger charge is -2.25. The van der Waals surface area contributed by atoms with E-state index in [1.165, 1.54) is 30.4 Å². The van der Waals surface area contributed by atoms with Crippen molar-refractivity contribution >= 4 is 5.78 Å². The third-order valence-electron chi connectivity index (χ3n) is 4.74. The molecule has 0 amide bonds. The first-order valence-corrected chi connectivity index (χ1v) is 8.04. The number of aryl methyl sites for hydroxylation is 1. The van der Waals surface area contributed by atoms with Crippen molar-refractivity contribution < 1.29 is 9.53 Å². The minimum atomic E-state index is 0.345. The molecule has 0 radical (unpaired) electrons. The Kier molecular flexibility index (Phi) is 4.51. The van der Waals surface area contributed by atoms with Gasteiger partial charge in [-0.2, -0.15) is 0 Å². The minimum Gasteiger partial charge on any atom is -0.378 e. The zero-order valence-corrected chi connectivity index (χ0v) is 12.1. The molecule has 2 atom stereocenters. The lowest BCUT2D eigenvalue weighted by atomic mass is 9.80. The van der Waals surface area contributed by atoms with Gasteiger partial charge < -0.3 is 4.74 Å². The molecule has 2 unspecified atom stereocenters. The number of carbonyl (C=O) groups is 1. The average Bonchev–Trinajstić information content (AvgIpc) is 2.99. The zero-order valence-electron chi connectivity index (χ0n) is 12.1. The van der Waals surface area contributed by atoms with Crippen molar-refractivity contribution in [2.24, 2.45) is 0 Å². The first-order valence-electron chi connectivity index (χ1n) is 8.04. The summed E-state index contributed by atoms with van der Waals surface area (Å²) in [5.41, 5.74) is 2.87. The van der Waals surface area contributed by atoms with Gasteiger partial charge in [-0.05, 0) is 55.6 Å². The van der Waals surface area contributed by atoms with Crippen LogP contribution in [0.3, 0.4) is 0 Å². The number of benzene rings is 1. The number of carbonyl (C=O) groups excluding carboxylic acids is 1. The molecule has 0 aromatic heterocycles. The second kappa shape index (κ2) is 6.53. The molecular weight excluding hydrogens is 248 g/mol. The molecule has 1 fully saturated rings. The van der Waals surface area contributed by atoms with Gasteiger partial charge in [-0.15, -0.1) is 0 Å². The predicted molar refractivity (Wildman–Crippen MR) is 80.0 cm³/mol. The van der Waals surface area contributed by atoms with Gasteiger partial charge in [0.25, 0.3) is 0 Å². The maximum absolute atomic E-state index is 12.2. The summed E-state index contributed by atoms with van der Waals surface area (Å²) in [6.45, 7) is 0.884. The molecular formula is C18H24O2. The van der Waals surface area contributed by atoms with E-state index in [0.29, 0.717) is 24.2 Å². The van der Waals surface area contributed by atoms with Crippen LogP contribution in [0, 0.1) is 0 Å². The molecule has 0 spiro atoms. The molecule has 2 heteroatoms. The van der Waals surface area contributed by atoms with Crippen LogP contribution in [0.5, 0.6) is 0 Å². The number of hydrogen-bond donors (Lipinski definition) is 0. The minimum absolute atomic E-state index is 0.345. The maximum Gasteiger partial charge on any atom is 0.133 e. The van der Waals surface area contributed by atoms with Crippen molar-refractivity contribution in [2.45, 2.75) is 63.4 Å². The summed E-state index contributed by atoms with van der Waals surface area (Å²) in [5.74, 6) is 0.874. The molecule has 1 aromatic carbocycles. The summed E-state index contributed by atoms with van der Waals surface area (Å²) in [6.07, 6.45) is 8.56. The molecule has 0 saturated carbocycles. The Morgan fingerprint density at radius 3 is 2.95 bits per heavy atom. The number of fused-ring (bicyclic) bond motifs is 1. The lowest BCUT2D eigenvalue weighted by Crippen LogP contribution is -2.15. The highest BCUT2D eigenvalue weighted by molar-refractivity contribution is 5.79. The monoisotopic (exact) mass is 272 g/mol. The van der Waals surface area contributed by atoms with Crippen LogP contribution in [-0.2, 0) is 16.0 Å². The number of rotatable bonds is 5. The summed E-state index contributed by atoms with van der Waals surface area (Å²) in [4.78, 5) is 12.2. The van der Waals surface area contributed by atoms with Crippen LogP contribution in [0.1, 0.15) is 62.0 Å². The molecule has 0 N–H and O–H groups in total. The Balaban J connectivity index is 1.54. The van der Waals surface area contributed by atoms with Gasteiger partial charge in [-0.25, -0.2) is 0 Å². The molecule has 1 heterocycles. The third kappa shape index (κ3) is 3.29. The quantitative estimate of drug-likeness (QED) is 0.809. The van der Waals surface area contributed by atoms with Crippen molar-refractivity contribution in [3.63, 3.8) is 0 Å². The molecule has 108 valence electrons. The van der Waals surface area contributed by atoms with E-state index in [9.17, 15) is 4.79 Å². The fourth-order valence-electron chi connectivity index (χ4n) is 3.64. The van der Waals surface area contributed by atoms with Crippen LogP contribution in [0.25, 0.3) is 0 Å². The Morgan fingerprint density at radius 2 is 2.10 bits per heavy atom. The van der Waals surface area contributed by atoms with E-state index in [4.69, 9.17) is 4.74 Å². The largest absolute Gasteiger partial charge is 0.378 e. The highest BCUT2D eigenvalue weighted by Gasteiger charge is 2.23. The molecule has 20 heavy (non-hydrogen) atoms. The predicted octanol–water partition coefficient (Wildman–Crippen LogP) is 4.02. The van der Waals surface area contributed by atoms with E-state index in [0.717, 1.165) is 32.3 Å². The summed E-state index contributed by atoms with van der Waals surface area (Å²) in [5, 5.41) is 0. The van der Waals surface area contributed by atoms with Gasteiger partial charge in [0, 0.05) is 19.4 Å². The van der Waals surface area contributed by atoms with Crippen molar-refractivity contribution in [2.75, 3.05) is 6.61 Å². The zero-order chi connectivity index (χ0) is 13.8. The van der Waals surface area contributed by atoms with Crippen molar-refractivity contribution in [1.29, 1.82) is 0 Å². The van der Waals surface area contributed by atoms with E-state index in [2.05, 4.69) is 24.3 Å². The van der Waals surface area contributed by atoms with Crippen molar-refractivity contribution in [3.8, 4) is 0 Å². The van der Waals surface area contributed by atoms with E-state index >= 15 is 0 Å². The first kappa shape index (κ1) is 13.8. The summed E-state index contributed by atoms with van der Waals surface area (Å²) in [7, 11) is 0. The Bertz CT molecular complexity index is 460. The Morgan fingerprint density at radius 1 is 1.20 bits per heavy atom. The van der Waals surface area contributed by atoms with E-state index in [1.807, 2.05) is 0 Å². The molecule has 3 rings (SSSR count). The van der Waals surface area contributed by atoms with E-state index in [1.54, 1.807) is 0 Å². The molecule has 0 bridgehead atoms. The second-order valence-corrected chi connectivity index (χ2v) is 6.20. The van der Waals surface area contributed by atoms with E-state index in [-0.39, 0.29) is 0 Å². The first-order chi connectivity index (χ1) is 9.83. The van der Waals surface area contributed by atoms with Crippen LogP contribution >= 0.6 is 0 Å². The topological polar surface area (TPSA) is 26.3 Å². The van der Waals surface area contributed by atoms with Crippen LogP contribution < -0.4 is 0 Å². The maximum atomic E-state index is 12.2. The van der Waals surface area contributed by atoms with Crippen molar-refractivity contribution in [1.82, 2.24) is 0 Å². The van der Waals surface area contributed by atoms with Gasteiger partial charge in [-0.3, -0.25) is 4.79 Å². The Labute approximate surface area is 121 Å². The van der Waals surface area contributed by atoms with Gasteiger partial charge in [0.2, 0.25) is 0 Å².